The van der Waals surface area contributed by atoms with Crippen molar-refractivity contribution in [3.05, 3.63) is 28.7 Å². The number of hydrogen-bond donors (Lipinski definition) is 2. The lowest BCUT2D eigenvalue weighted by Crippen LogP contribution is -2.49. The van der Waals surface area contributed by atoms with Crippen LogP contribution in [0.5, 0.6) is 0 Å². The lowest BCUT2D eigenvalue weighted by Gasteiger charge is -2.40. The van der Waals surface area contributed by atoms with Crippen molar-refractivity contribution >= 4 is 28.0 Å². The van der Waals surface area contributed by atoms with Crippen molar-refractivity contribution in [3.63, 3.8) is 0 Å². The molecule has 160 valence electrons. The Labute approximate surface area is 169 Å². The van der Waals surface area contributed by atoms with Gasteiger partial charge in [0, 0.05) is 6.20 Å². The number of hydrogen-bond acceptors (Lipinski definition) is 7. The monoisotopic (exact) mass is 445 g/mol. The summed E-state index contributed by atoms with van der Waals surface area (Å²) in [5, 5.41) is 9.40. The lowest BCUT2D eigenvalue weighted by atomic mass is 10.1. The molecule has 0 radical (unpaired) electrons. The van der Waals surface area contributed by atoms with Crippen LogP contribution in [0.15, 0.2) is 17.3 Å². The summed E-state index contributed by atoms with van der Waals surface area (Å²) in [6.45, 7) is 9.81. The molecule has 3 heterocycles. The summed E-state index contributed by atoms with van der Waals surface area (Å²) in [4.78, 5) is 18.5. The van der Waals surface area contributed by atoms with Crippen molar-refractivity contribution in [2.75, 3.05) is 6.61 Å². The molecule has 2 N–H and O–H groups in total. The van der Waals surface area contributed by atoms with Crippen molar-refractivity contribution in [1.82, 2.24) is 14.5 Å². The van der Waals surface area contributed by atoms with E-state index in [9.17, 15) is 18.9 Å². The molecule has 1 aliphatic heterocycles. The van der Waals surface area contributed by atoms with Gasteiger partial charge in [-0.05, 0) is 18.1 Å². The normalized spacial score (nSPS) is 25.9. The second-order valence-corrected chi connectivity index (χ2v) is 13.7. The van der Waals surface area contributed by atoms with Crippen LogP contribution in [0.1, 0.15) is 27.0 Å². The standard InChI is InChI=1S/C17H25FN3O6PSi/c1-17(2,3)29(4,5)27-13-12(26-28-24)10(7-22)25-16(13)21-6-9(18)11-14(21)19-8-20-15(11)23/h6,8,10,12-13,16,22H,7H2,1-5H3,(H,19,20,23)/t10-,12-,13-,16-/m1/s1. The van der Waals surface area contributed by atoms with Crippen LogP contribution in [0.2, 0.25) is 18.1 Å². The molecule has 1 fully saturated rings. The van der Waals surface area contributed by atoms with Crippen LogP contribution < -0.4 is 5.56 Å². The first kappa shape index (κ1) is 22.2. The zero-order valence-corrected chi connectivity index (χ0v) is 18.8. The third-order valence-electron chi connectivity index (χ3n) is 5.71. The molecule has 0 bridgehead atoms. The second kappa shape index (κ2) is 7.97. The molecule has 1 saturated heterocycles. The van der Waals surface area contributed by atoms with E-state index in [0.29, 0.717) is 0 Å². The van der Waals surface area contributed by atoms with Gasteiger partial charge in [-0.15, -0.1) is 0 Å². The predicted molar refractivity (Wildman–Crippen MR) is 106 cm³/mol. The Kier molecular flexibility index (Phi) is 6.10. The minimum absolute atomic E-state index is 0.0806. The van der Waals surface area contributed by atoms with Crippen LogP contribution in [0.3, 0.4) is 0 Å². The Hall–Kier alpha value is -1.49. The summed E-state index contributed by atoms with van der Waals surface area (Å²) in [7, 11) is -2.96. The van der Waals surface area contributed by atoms with E-state index in [1.165, 1.54) is 10.9 Å². The maximum absolute atomic E-state index is 14.5. The smallest absolute Gasteiger partial charge is 0.327 e. The Morgan fingerprint density at radius 1 is 1.41 bits per heavy atom. The summed E-state index contributed by atoms with van der Waals surface area (Å²) < 4.78 is 44.8. The lowest BCUT2D eigenvalue weighted by molar-refractivity contribution is -0.0483. The Balaban J connectivity index is 2.12. The van der Waals surface area contributed by atoms with Gasteiger partial charge in [0.25, 0.3) is 5.56 Å². The van der Waals surface area contributed by atoms with E-state index in [2.05, 4.69) is 30.7 Å². The molecule has 29 heavy (non-hydrogen) atoms. The van der Waals surface area contributed by atoms with Crippen LogP contribution in [0.25, 0.3) is 11.0 Å². The van der Waals surface area contributed by atoms with Crippen molar-refractivity contribution in [1.29, 1.82) is 0 Å². The van der Waals surface area contributed by atoms with Gasteiger partial charge in [-0.1, -0.05) is 20.8 Å². The highest BCUT2D eigenvalue weighted by Gasteiger charge is 2.52. The van der Waals surface area contributed by atoms with Crippen LogP contribution >= 0.6 is 8.69 Å². The van der Waals surface area contributed by atoms with Gasteiger partial charge in [0.05, 0.1) is 12.9 Å². The summed E-state index contributed by atoms with van der Waals surface area (Å²) in [6, 6.07) is 0. The number of H-pyrrole nitrogens is 1. The molecule has 0 aliphatic carbocycles. The second-order valence-electron chi connectivity index (χ2n) is 8.55. The SMILES string of the molecule is CC(C)(C)[Si](C)(C)O[C@@H]1[C@H](OP=O)[C@@H](CO)O[C@H]1n1cc(F)c2c(=O)[nH]cnc21. The summed E-state index contributed by atoms with van der Waals surface area (Å²) >= 11 is 0. The number of aromatic amines is 1. The molecule has 0 amide bonds. The number of nitrogens with zero attached hydrogens (tertiary/aromatic N) is 2. The Morgan fingerprint density at radius 2 is 2.10 bits per heavy atom. The van der Waals surface area contributed by atoms with Gasteiger partial charge in [0.2, 0.25) is 0 Å². The topological polar surface area (TPSA) is 116 Å². The highest BCUT2D eigenvalue weighted by molar-refractivity contribution is 7.17. The fourth-order valence-electron chi connectivity index (χ4n) is 3.14. The molecule has 0 spiro atoms. The Morgan fingerprint density at radius 3 is 2.69 bits per heavy atom. The van der Waals surface area contributed by atoms with Gasteiger partial charge in [0.1, 0.15) is 23.7 Å². The average Bonchev–Trinajstić information content (AvgIpc) is 3.13. The highest BCUT2D eigenvalue weighted by atomic mass is 31.1. The fraction of sp³-hybridized carbons (Fsp3) is 0.647. The molecule has 0 aromatic carbocycles. The molecule has 2 aromatic rings. The number of aliphatic hydroxyl groups excluding tert-OH is 1. The number of rotatable bonds is 6. The predicted octanol–water partition coefficient (Wildman–Crippen LogP) is 2.74. The molecule has 3 rings (SSSR count). The van der Waals surface area contributed by atoms with Crippen molar-refractivity contribution < 1.29 is 27.7 Å². The zero-order chi connectivity index (χ0) is 21.6. The van der Waals surface area contributed by atoms with Crippen LogP contribution in [-0.2, 0) is 18.3 Å². The highest BCUT2D eigenvalue weighted by Crippen LogP contribution is 2.43. The third kappa shape index (κ3) is 3.95. The molecule has 9 nitrogen and oxygen atoms in total. The van der Waals surface area contributed by atoms with Crippen molar-refractivity contribution in [2.45, 2.75) is 63.4 Å². The zero-order valence-electron chi connectivity index (χ0n) is 16.9. The van der Waals surface area contributed by atoms with E-state index >= 15 is 0 Å². The van der Waals surface area contributed by atoms with Crippen LogP contribution in [-0.4, -0.2) is 52.9 Å². The maximum atomic E-state index is 14.5. The van der Waals surface area contributed by atoms with Gasteiger partial charge < -0.3 is 23.8 Å². The number of ether oxygens (including phenoxy) is 1. The van der Waals surface area contributed by atoms with E-state index in [1.807, 2.05) is 13.1 Å². The molecule has 0 unspecified atom stereocenters. The molecule has 1 aliphatic rings. The Bertz CT molecular complexity index is 959. The van der Waals surface area contributed by atoms with E-state index in [0.717, 1.165) is 6.20 Å². The van der Waals surface area contributed by atoms with Crippen molar-refractivity contribution in [2.24, 2.45) is 0 Å². The maximum Gasteiger partial charge on any atom is 0.327 e. The first-order chi connectivity index (χ1) is 13.5. The van der Waals surface area contributed by atoms with Gasteiger partial charge >= 0.3 is 8.69 Å². The van der Waals surface area contributed by atoms with Gasteiger partial charge in [-0.3, -0.25) is 9.32 Å². The van der Waals surface area contributed by atoms with Gasteiger partial charge in [0.15, 0.2) is 26.0 Å². The number of nitrogens with one attached hydrogen (secondary N) is 1. The largest absolute Gasteiger partial charge is 0.406 e. The van der Waals surface area contributed by atoms with E-state index in [4.69, 9.17) is 13.7 Å². The molecular formula is C17H25FN3O6PSi. The van der Waals surface area contributed by atoms with E-state index in [1.54, 1.807) is 0 Å². The average molecular weight is 445 g/mol. The summed E-state index contributed by atoms with van der Waals surface area (Å²) in [5.74, 6) is -0.754. The summed E-state index contributed by atoms with van der Waals surface area (Å²) in [6.07, 6.45) is -1.15. The van der Waals surface area contributed by atoms with E-state index in [-0.39, 0.29) is 16.1 Å². The van der Waals surface area contributed by atoms with Gasteiger partial charge in [-0.2, -0.15) is 0 Å². The molecule has 12 heteroatoms. The molecule has 4 atom stereocenters. The number of fused-ring (bicyclic) bond motifs is 1. The quantitative estimate of drug-likeness (QED) is 0.519. The first-order valence-electron chi connectivity index (χ1n) is 9.18. The van der Waals surface area contributed by atoms with Crippen LogP contribution in [0, 0.1) is 5.82 Å². The third-order valence-corrected chi connectivity index (χ3v) is 10.5. The van der Waals surface area contributed by atoms with Crippen molar-refractivity contribution in [3.8, 4) is 0 Å². The van der Waals surface area contributed by atoms with Crippen LogP contribution in [0.4, 0.5) is 4.39 Å². The minimum Gasteiger partial charge on any atom is -0.406 e. The molecule has 0 saturated carbocycles. The number of aromatic nitrogens is 3. The number of halogens is 1. The molecule has 2 aromatic heterocycles. The van der Waals surface area contributed by atoms with Gasteiger partial charge in [-0.25, -0.2) is 13.9 Å². The molecular weight excluding hydrogens is 420 g/mol. The number of aliphatic hydroxyl groups is 1. The first-order valence-corrected chi connectivity index (χ1v) is 12.8. The minimum atomic E-state index is -2.37. The van der Waals surface area contributed by atoms with E-state index < -0.39 is 59.5 Å². The summed E-state index contributed by atoms with van der Waals surface area (Å²) in [5.41, 5.74) is -0.534. The fourth-order valence-corrected chi connectivity index (χ4v) is 4.78.